The van der Waals surface area contributed by atoms with E-state index in [-0.39, 0.29) is 12.0 Å². The molecular weight excluding hydrogens is 450 g/mol. The van der Waals surface area contributed by atoms with Crippen LogP contribution >= 0.6 is 11.6 Å². The van der Waals surface area contributed by atoms with Gasteiger partial charge in [0, 0.05) is 50.6 Å². The molecule has 32 heavy (non-hydrogen) atoms. The zero-order chi connectivity index (χ0) is 22.5. The van der Waals surface area contributed by atoms with Crippen molar-refractivity contribution in [3.8, 4) is 0 Å². The third-order valence-corrected chi connectivity index (χ3v) is 6.82. The lowest BCUT2D eigenvalue weighted by molar-refractivity contribution is 0.324. The fourth-order valence-electron chi connectivity index (χ4n) is 4.42. The molecule has 0 amide bonds. The van der Waals surface area contributed by atoms with Gasteiger partial charge in [-0.2, -0.15) is 4.98 Å². The maximum atomic E-state index is 11.0. The monoisotopic (exact) mass is 479 g/mol. The number of hydrogen-bond acceptors (Lipinski definition) is 7. The summed E-state index contributed by atoms with van der Waals surface area (Å²) in [6, 6.07) is 6.38. The highest BCUT2D eigenvalue weighted by molar-refractivity contribution is 7.77. The topological polar surface area (TPSA) is 114 Å². The summed E-state index contributed by atoms with van der Waals surface area (Å²) < 4.78 is 22.7. The van der Waals surface area contributed by atoms with E-state index >= 15 is 0 Å². The van der Waals surface area contributed by atoms with E-state index in [0.717, 1.165) is 51.0 Å². The Labute approximate surface area is 196 Å². The molecule has 2 heterocycles. The smallest absolute Gasteiger partial charge is 0.231 e. The summed E-state index contributed by atoms with van der Waals surface area (Å²) in [5.74, 6) is 1.26. The van der Waals surface area contributed by atoms with Gasteiger partial charge in [-0.05, 0) is 42.5 Å². The largest absolute Gasteiger partial charge is 0.373 e. The molecule has 1 aromatic heterocycles. The van der Waals surface area contributed by atoms with Crippen LogP contribution in [0.4, 0.5) is 23.1 Å². The minimum atomic E-state index is -2.01. The van der Waals surface area contributed by atoms with Gasteiger partial charge in [-0.1, -0.05) is 24.4 Å². The Morgan fingerprint density at radius 1 is 1.34 bits per heavy atom. The molecule has 11 heteroatoms. The van der Waals surface area contributed by atoms with Crippen molar-refractivity contribution in [1.82, 2.24) is 20.0 Å². The Morgan fingerprint density at radius 3 is 3.03 bits per heavy atom. The lowest BCUT2D eigenvalue weighted by Crippen LogP contribution is -2.39. The highest BCUT2D eigenvalue weighted by atomic mass is 35.5. The maximum Gasteiger partial charge on any atom is 0.231 e. The molecule has 1 saturated carbocycles. The van der Waals surface area contributed by atoms with E-state index in [4.69, 9.17) is 16.2 Å². The van der Waals surface area contributed by atoms with Gasteiger partial charge in [0.1, 0.15) is 5.02 Å². The van der Waals surface area contributed by atoms with Crippen molar-refractivity contribution >= 4 is 46.0 Å². The van der Waals surface area contributed by atoms with Gasteiger partial charge in [0.15, 0.2) is 5.82 Å². The van der Waals surface area contributed by atoms with E-state index in [9.17, 15) is 4.21 Å². The predicted molar refractivity (Wildman–Crippen MR) is 130 cm³/mol. The molecular formula is C21H30ClN7O2S. The number of fused-ring (bicyclic) bond motifs is 1. The molecule has 1 aliphatic carbocycles. The fraction of sp³-hybridized carbons (Fsp3) is 0.524. The molecule has 0 spiro atoms. The molecule has 4 rings (SSSR count). The van der Waals surface area contributed by atoms with Crippen molar-refractivity contribution in [3.05, 3.63) is 35.0 Å². The van der Waals surface area contributed by atoms with Gasteiger partial charge in [-0.25, -0.2) is 13.9 Å². The molecule has 9 nitrogen and oxygen atoms in total. The quantitative estimate of drug-likeness (QED) is 0.385. The molecule has 2 aromatic rings. The van der Waals surface area contributed by atoms with Crippen molar-refractivity contribution in [2.45, 2.75) is 38.3 Å². The van der Waals surface area contributed by atoms with Crippen LogP contribution in [0, 0.1) is 5.92 Å². The number of halogens is 1. The van der Waals surface area contributed by atoms with Crippen LogP contribution < -0.4 is 25.6 Å². The van der Waals surface area contributed by atoms with Crippen molar-refractivity contribution in [2.24, 2.45) is 5.92 Å². The van der Waals surface area contributed by atoms with Crippen molar-refractivity contribution < 1.29 is 8.76 Å². The number of rotatable bonds is 7. The SMILES string of the molecule is CN1CCNCc2cc(Nc3ncc(Cl)c(N[C@@H]4CCCC[C@@H]4CNS(=O)O)n3)ccc21. The van der Waals surface area contributed by atoms with Gasteiger partial charge < -0.3 is 20.9 Å². The second kappa shape index (κ2) is 10.8. The van der Waals surface area contributed by atoms with E-state index in [2.05, 4.69) is 54.7 Å². The van der Waals surface area contributed by atoms with Crippen LogP contribution in [0.15, 0.2) is 24.4 Å². The Hall–Kier alpha value is -1.98. The summed E-state index contributed by atoms with van der Waals surface area (Å²) >= 11 is 4.38. The highest BCUT2D eigenvalue weighted by Gasteiger charge is 2.26. The first kappa shape index (κ1) is 23.2. The Balaban J connectivity index is 1.48. The van der Waals surface area contributed by atoms with Gasteiger partial charge in [0.05, 0.1) is 6.20 Å². The summed E-state index contributed by atoms with van der Waals surface area (Å²) in [5, 5.41) is 10.6. The molecule has 5 N–H and O–H groups in total. The van der Waals surface area contributed by atoms with Crippen molar-refractivity contribution in [3.63, 3.8) is 0 Å². The summed E-state index contributed by atoms with van der Waals surface area (Å²) in [4.78, 5) is 11.2. The van der Waals surface area contributed by atoms with E-state index in [0.29, 0.717) is 23.3 Å². The number of hydrogen-bond donors (Lipinski definition) is 5. The number of benzene rings is 1. The van der Waals surface area contributed by atoms with Crippen LogP contribution in [0.3, 0.4) is 0 Å². The molecule has 2 aliphatic rings. The Kier molecular flexibility index (Phi) is 7.80. The number of nitrogens with one attached hydrogen (secondary N) is 4. The molecule has 0 saturated heterocycles. The zero-order valence-corrected chi connectivity index (χ0v) is 19.7. The van der Waals surface area contributed by atoms with Gasteiger partial charge >= 0.3 is 0 Å². The third kappa shape index (κ3) is 5.87. The summed E-state index contributed by atoms with van der Waals surface area (Å²) in [6.07, 6.45) is 5.74. The summed E-state index contributed by atoms with van der Waals surface area (Å²) in [7, 11) is 2.10. The fourth-order valence-corrected chi connectivity index (χ4v) is 4.92. The Morgan fingerprint density at radius 2 is 2.19 bits per heavy atom. The van der Waals surface area contributed by atoms with Gasteiger partial charge in [-0.3, -0.25) is 4.55 Å². The lowest BCUT2D eigenvalue weighted by atomic mass is 9.84. The molecule has 0 radical (unpaired) electrons. The first-order chi connectivity index (χ1) is 15.5. The van der Waals surface area contributed by atoms with Crippen LogP contribution in [-0.2, 0) is 17.8 Å². The van der Waals surface area contributed by atoms with Gasteiger partial charge in [0.25, 0.3) is 0 Å². The molecule has 1 aromatic carbocycles. The number of aromatic nitrogens is 2. The van der Waals surface area contributed by atoms with Crippen LogP contribution in [-0.4, -0.2) is 51.5 Å². The van der Waals surface area contributed by atoms with Crippen LogP contribution in [0.25, 0.3) is 0 Å². The third-order valence-electron chi connectivity index (χ3n) is 6.13. The normalized spacial score (nSPS) is 22.0. The average molecular weight is 480 g/mol. The standard InChI is InChI=1S/C21H30ClN7O2S/c1-29-9-8-23-11-15-10-16(6-7-19(15)29)26-21-24-13-17(22)20(28-21)27-18-5-3-2-4-14(18)12-25-32(30)31/h6-7,10,13-14,18,23,25H,2-5,8-9,11-12H2,1H3,(H,30,31)(H2,24,26,27,28)/t14-,18-/m1/s1. The molecule has 1 aliphatic heterocycles. The van der Waals surface area contributed by atoms with Crippen molar-refractivity contribution in [2.75, 3.05) is 42.2 Å². The number of likely N-dealkylation sites (N-methyl/N-ethyl adjacent to an activating group) is 1. The molecule has 0 bridgehead atoms. The summed E-state index contributed by atoms with van der Waals surface area (Å²) in [5.41, 5.74) is 3.36. The molecule has 174 valence electrons. The predicted octanol–water partition coefficient (Wildman–Crippen LogP) is 3.11. The minimum absolute atomic E-state index is 0.120. The first-order valence-corrected chi connectivity index (χ1v) is 12.4. The van der Waals surface area contributed by atoms with Crippen molar-refractivity contribution in [1.29, 1.82) is 0 Å². The summed E-state index contributed by atoms with van der Waals surface area (Å²) in [6.45, 7) is 3.21. The zero-order valence-electron chi connectivity index (χ0n) is 18.1. The molecule has 3 atom stereocenters. The van der Waals surface area contributed by atoms with E-state index < -0.39 is 11.3 Å². The highest BCUT2D eigenvalue weighted by Crippen LogP contribution is 2.30. The molecule has 1 unspecified atom stereocenters. The van der Waals surface area contributed by atoms with E-state index in [1.807, 2.05) is 6.07 Å². The van der Waals surface area contributed by atoms with Gasteiger partial charge in [0.2, 0.25) is 17.2 Å². The minimum Gasteiger partial charge on any atom is -0.373 e. The van der Waals surface area contributed by atoms with Crippen LogP contribution in [0.2, 0.25) is 5.02 Å². The second-order valence-corrected chi connectivity index (χ2v) is 9.54. The number of anilines is 4. The first-order valence-electron chi connectivity index (χ1n) is 10.9. The van der Waals surface area contributed by atoms with E-state index in [1.54, 1.807) is 6.20 Å². The Bertz CT molecular complexity index is 964. The molecule has 1 fully saturated rings. The lowest BCUT2D eigenvalue weighted by Gasteiger charge is -2.32. The maximum absolute atomic E-state index is 11.0. The van der Waals surface area contributed by atoms with E-state index in [1.165, 1.54) is 11.3 Å². The second-order valence-electron chi connectivity index (χ2n) is 8.35. The van der Waals surface area contributed by atoms with Crippen LogP contribution in [0.1, 0.15) is 31.2 Å². The van der Waals surface area contributed by atoms with Crippen LogP contribution in [0.5, 0.6) is 0 Å². The van der Waals surface area contributed by atoms with Gasteiger partial charge in [-0.15, -0.1) is 0 Å². The number of nitrogens with zero attached hydrogens (tertiary/aromatic N) is 3. The average Bonchev–Trinajstić information content (AvgIpc) is 2.96.